The zero-order valence-corrected chi connectivity index (χ0v) is 12.3. The van der Waals surface area contributed by atoms with Crippen molar-refractivity contribution in [2.45, 2.75) is 26.2 Å². The molecule has 19 heavy (non-hydrogen) atoms. The molecule has 1 aromatic heterocycles. The maximum absolute atomic E-state index is 5.91. The number of methoxy groups -OCH3 is 2. The van der Waals surface area contributed by atoms with E-state index in [1.54, 1.807) is 14.2 Å². The Balaban J connectivity index is 2.76. The van der Waals surface area contributed by atoms with Crippen molar-refractivity contribution in [3.05, 3.63) is 23.4 Å². The van der Waals surface area contributed by atoms with E-state index in [-0.39, 0.29) is 5.41 Å². The van der Waals surface area contributed by atoms with Gasteiger partial charge in [0, 0.05) is 34.6 Å². The monoisotopic (exact) mass is 262 g/mol. The molecule has 0 bridgehead atoms. The lowest BCUT2D eigenvalue weighted by molar-refractivity contribution is 0.356. The number of rotatable bonds is 4. The Kier molecular flexibility index (Phi) is 3.45. The fourth-order valence-corrected chi connectivity index (χ4v) is 2.63. The number of benzene rings is 1. The number of aromatic amines is 1. The summed E-state index contributed by atoms with van der Waals surface area (Å²) in [7, 11) is 3.29. The van der Waals surface area contributed by atoms with Gasteiger partial charge in [0.25, 0.3) is 0 Å². The molecule has 0 aliphatic heterocycles. The standard InChI is InChI=1S/C15H22N2O2/c1-9-14(15(2,3)8-16)10-6-12(18-4)13(19-5)7-11(10)17-9/h6-7,17H,8,16H2,1-5H3. The molecule has 2 aromatic rings. The van der Waals surface area contributed by atoms with Crippen LogP contribution in [0.25, 0.3) is 10.9 Å². The summed E-state index contributed by atoms with van der Waals surface area (Å²) in [6, 6.07) is 3.99. The van der Waals surface area contributed by atoms with Crippen LogP contribution in [0.1, 0.15) is 25.1 Å². The minimum absolute atomic E-state index is 0.0814. The summed E-state index contributed by atoms with van der Waals surface area (Å²) in [6.07, 6.45) is 0. The number of fused-ring (bicyclic) bond motifs is 1. The van der Waals surface area contributed by atoms with Crippen LogP contribution in [-0.2, 0) is 5.41 Å². The van der Waals surface area contributed by atoms with E-state index in [1.807, 2.05) is 12.1 Å². The highest BCUT2D eigenvalue weighted by atomic mass is 16.5. The summed E-state index contributed by atoms with van der Waals surface area (Å²) in [5, 5.41) is 1.14. The molecule has 2 rings (SSSR count). The van der Waals surface area contributed by atoms with Gasteiger partial charge >= 0.3 is 0 Å². The van der Waals surface area contributed by atoms with Crippen LogP contribution >= 0.6 is 0 Å². The third-order valence-corrected chi connectivity index (χ3v) is 3.68. The van der Waals surface area contributed by atoms with Crippen molar-refractivity contribution in [2.75, 3.05) is 20.8 Å². The Morgan fingerprint density at radius 3 is 2.26 bits per heavy atom. The second kappa shape index (κ2) is 4.78. The van der Waals surface area contributed by atoms with E-state index < -0.39 is 0 Å². The Labute approximate surface area is 113 Å². The number of H-pyrrole nitrogens is 1. The van der Waals surface area contributed by atoms with Gasteiger partial charge in [-0.05, 0) is 18.6 Å². The average molecular weight is 262 g/mol. The predicted molar refractivity (Wildman–Crippen MR) is 78.2 cm³/mol. The van der Waals surface area contributed by atoms with Crippen LogP contribution in [0.2, 0.25) is 0 Å². The molecule has 0 aliphatic carbocycles. The first-order valence-corrected chi connectivity index (χ1v) is 6.39. The Morgan fingerprint density at radius 2 is 1.74 bits per heavy atom. The number of aryl methyl sites for hydroxylation is 1. The first kappa shape index (κ1) is 13.7. The molecule has 0 fully saturated rings. The van der Waals surface area contributed by atoms with Gasteiger partial charge in [0.15, 0.2) is 11.5 Å². The fraction of sp³-hybridized carbons (Fsp3) is 0.467. The van der Waals surface area contributed by atoms with Gasteiger partial charge in [-0.3, -0.25) is 0 Å². The van der Waals surface area contributed by atoms with Gasteiger partial charge in [0.1, 0.15) is 0 Å². The smallest absolute Gasteiger partial charge is 0.162 e. The number of nitrogens with two attached hydrogens (primary N) is 1. The largest absolute Gasteiger partial charge is 0.493 e. The zero-order valence-electron chi connectivity index (χ0n) is 12.3. The molecule has 0 unspecified atom stereocenters. The van der Waals surface area contributed by atoms with Crippen LogP contribution in [0.4, 0.5) is 0 Å². The van der Waals surface area contributed by atoms with Crippen LogP contribution in [0.5, 0.6) is 11.5 Å². The summed E-state index contributed by atoms with van der Waals surface area (Å²) < 4.78 is 10.7. The van der Waals surface area contributed by atoms with Gasteiger partial charge in [-0.15, -0.1) is 0 Å². The summed E-state index contributed by atoms with van der Waals surface area (Å²) in [5.74, 6) is 1.47. The molecule has 1 heterocycles. The van der Waals surface area contributed by atoms with Crippen molar-refractivity contribution in [3.63, 3.8) is 0 Å². The summed E-state index contributed by atoms with van der Waals surface area (Å²) in [5.41, 5.74) is 9.26. The van der Waals surface area contributed by atoms with Crippen molar-refractivity contribution in [2.24, 2.45) is 5.73 Å². The molecule has 0 atom stereocenters. The number of ether oxygens (including phenoxy) is 2. The molecule has 3 N–H and O–H groups in total. The molecular formula is C15H22N2O2. The molecule has 4 heteroatoms. The molecule has 4 nitrogen and oxygen atoms in total. The van der Waals surface area contributed by atoms with E-state index in [4.69, 9.17) is 15.2 Å². The highest BCUT2D eigenvalue weighted by Crippen LogP contribution is 2.38. The molecule has 0 aliphatic rings. The molecule has 0 saturated heterocycles. The van der Waals surface area contributed by atoms with Gasteiger partial charge in [-0.1, -0.05) is 13.8 Å². The number of hydrogen-bond acceptors (Lipinski definition) is 3. The van der Waals surface area contributed by atoms with Crippen molar-refractivity contribution in [3.8, 4) is 11.5 Å². The maximum Gasteiger partial charge on any atom is 0.162 e. The van der Waals surface area contributed by atoms with E-state index in [2.05, 4.69) is 25.8 Å². The molecule has 0 saturated carbocycles. The van der Waals surface area contributed by atoms with Gasteiger partial charge in [0.2, 0.25) is 0 Å². The topological polar surface area (TPSA) is 60.3 Å². The lowest BCUT2D eigenvalue weighted by atomic mass is 9.83. The quantitative estimate of drug-likeness (QED) is 0.890. The third-order valence-electron chi connectivity index (χ3n) is 3.68. The van der Waals surface area contributed by atoms with E-state index >= 15 is 0 Å². The summed E-state index contributed by atoms with van der Waals surface area (Å²) in [6.45, 7) is 6.97. The third kappa shape index (κ3) is 2.16. The Hall–Kier alpha value is -1.68. The normalized spacial score (nSPS) is 11.9. The van der Waals surface area contributed by atoms with Crippen LogP contribution in [-0.4, -0.2) is 25.7 Å². The molecule has 0 radical (unpaired) electrons. The number of nitrogens with one attached hydrogen (secondary N) is 1. The molecule has 104 valence electrons. The van der Waals surface area contributed by atoms with E-state index in [1.165, 1.54) is 5.56 Å². The SMILES string of the molecule is COc1cc2[nH]c(C)c(C(C)(C)CN)c2cc1OC. The molecule has 0 spiro atoms. The fourth-order valence-electron chi connectivity index (χ4n) is 2.63. The van der Waals surface area contributed by atoms with Crippen LogP contribution < -0.4 is 15.2 Å². The average Bonchev–Trinajstić information content (AvgIpc) is 2.72. The summed E-state index contributed by atoms with van der Waals surface area (Å²) in [4.78, 5) is 3.40. The molecular weight excluding hydrogens is 240 g/mol. The van der Waals surface area contributed by atoms with Crippen LogP contribution in [0.15, 0.2) is 12.1 Å². The van der Waals surface area contributed by atoms with Crippen LogP contribution in [0.3, 0.4) is 0 Å². The maximum atomic E-state index is 5.91. The van der Waals surface area contributed by atoms with Gasteiger partial charge in [0.05, 0.1) is 14.2 Å². The van der Waals surface area contributed by atoms with Gasteiger partial charge in [-0.25, -0.2) is 0 Å². The Morgan fingerprint density at radius 1 is 1.16 bits per heavy atom. The van der Waals surface area contributed by atoms with Crippen LogP contribution in [0, 0.1) is 6.92 Å². The van der Waals surface area contributed by atoms with Crippen molar-refractivity contribution in [1.29, 1.82) is 0 Å². The highest BCUT2D eigenvalue weighted by Gasteiger charge is 2.25. The predicted octanol–water partition coefficient (Wildman–Crippen LogP) is 2.73. The molecule has 1 aromatic carbocycles. The van der Waals surface area contributed by atoms with E-state index in [0.29, 0.717) is 6.54 Å². The highest BCUT2D eigenvalue weighted by molar-refractivity contribution is 5.89. The second-order valence-corrected chi connectivity index (χ2v) is 5.47. The minimum atomic E-state index is -0.0814. The lowest BCUT2D eigenvalue weighted by Gasteiger charge is -2.23. The zero-order chi connectivity index (χ0) is 14.2. The van der Waals surface area contributed by atoms with E-state index in [0.717, 1.165) is 28.1 Å². The Bertz CT molecular complexity index is 600. The van der Waals surface area contributed by atoms with Crippen molar-refractivity contribution >= 4 is 10.9 Å². The minimum Gasteiger partial charge on any atom is -0.493 e. The second-order valence-electron chi connectivity index (χ2n) is 5.47. The number of aromatic nitrogens is 1. The van der Waals surface area contributed by atoms with Gasteiger partial charge in [-0.2, -0.15) is 0 Å². The van der Waals surface area contributed by atoms with Crippen molar-refractivity contribution in [1.82, 2.24) is 4.98 Å². The van der Waals surface area contributed by atoms with Crippen molar-refractivity contribution < 1.29 is 9.47 Å². The summed E-state index contributed by atoms with van der Waals surface area (Å²) >= 11 is 0. The number of hydrogen-bond donors (Lipinski definition) is 2. The first-order chi connectivity index (χ1) is 8.94. The van der Waals surface area contributed by atoms with Gasteiger partial charge < -0.3 is 20.2 Å². The lowest BCUT2D eigenvalue weighted by Crippen LogP contribution is -2.28. The van der Waals surface area contributed by atoms with E-state index in [9.17, 15) is 0 Å². The molecule has 0 amide bonds. The first-order valence-electron chi connectivity index (χ1n) is 6.39.